The van der Waals surface area contributed by atoms with Crippen LogP contribution >= 0.6 is 0 Å². The molecule has 15 heavy (non-hydrogen) atoms. The van der Waals surface area contributed by atoms with E-state index in [-0.39, 0.29) is 5.56 Å². The first-order valence-electron chi connectivity index (χ1n) is 4.09. The second kappa shape index (κ2) is 3.79. The maximum atomic E-state index is 10.5. The second-order valence-corrected chi connectivity index (χ2v) is 2.70. The molecular formula is C9H6N4O2. The zero-order valence-electron chi connectivity index (χ0n) is 7.53. The third-order valence-electron chi connectivity index (χ3n) is 1.71. The second-order valence-electron chi connectivity index (χ2n) is 2.70. The summed E-state index contributed by atoms with van der Waals surface area (Å²) in [6.07, 6.45) is 5.43. The summed E-state index contributed by atoms with van der Waals surface area (Å²) >= 11 is 0. The molecule has 0 aromatic carbocycles. The average molecular weight is 202 g/mol. The summed E-state index contributed by atoms with van der Waals surface area (Å²) in [5.41, 5.74) is 0.606. The largest absolute Gasteiger partial charge is 0.478 e. The topological polar surface area (TPSA) is 88.9 Å². The molecule has 0 spiro atoms. The van der Waals surface area contributed by atoms with E-state index >= 15 is 0 Å². The number of rotatable bonds is 2. The molecule has 6 nitrogen and oxygen atoms in total. The van der Waals surface area contributed by atoms with E-state index in [0.717, 1.165) is 0 Å². The Bertz CT molecular complexity index is 469. The van der Waals surface area contributed by atoms with Gasteiger partial charge in [0.2, 0.25) is 0 Å². The normalized spacial score (nSPS) is 9.87. The summed E-state index contributed by atoms with van der Waals surface area (Å²) in [4.78, 5) is 26.0. The molecule has 0 saturated carbocycles. The van der Waals surface area contributed by atoms with E-state index in [1.54, 1.807) is 12.3 Å². The Morgan fingerprint density at radius 1 is 1.20 bits per heavy atom. The minimum absolute atomic E-state index is 0.0489. The molecule has 2 heterocycles. The highest BCUT2D eigenvalue weighted by Gasteiger charge is 2.05. The molecule has 0 aliphatic rings. The average Bonchev–Trinajstić information content (AvgIpc) is 2.30. The first-order valence-corrected chi connectivity index (χ1v) is 4.09. The fourth-order valence-corrected chi connectivity index (χ4v) is 0.994. The standard InChI is InChI=1S/C9H6N4O2/c14-9(15)6-3-11-8(12-4-6)7-1-2-10-5-13-7/h1-5H,(H,14,15). The molecule has 0 radical (unpaired) electrons. The van der Waals surface area contributed by atoms with E-state index in [1.807, 2.05) is 0 Å². The van der Waals surface area contributed by atoms with Crippen LogP contribution in [0.5, 0.6) is 0 Å². The van der Waals surface area contributed by atoms with Gasteiger partial charge >= 0.3 is 5.97 Å². The molecule has 0 fully saturated rings. The summed E-state index contributed by atoms with van der Waals surface area (Å²) in [5.74, 6) is -0.674. The number of aromatic carboxylic acids is 1. The van der Waals surface area contributed by atoms with Gasteiger partial charge in [0, 0.05) is 18.6 Å². The van der Waals surface area contributed by atoms with Crippen LogP contribution in [0.25, 0.3) is 11.5 Å². The Hall–Kier alpha value is -2.37. The lowest BCUT2D eigenvalue weighted by atomic mass is 10.3. The van der Waals surface area contributed by atoms with Crippen LogP contribution in [0.1, 0.15) is 10.4 Å². The minimum atomic E-state index is -1.05. The van der Waals surface area contributed by atoms with Crippen LogP contribution in [0.3, 0.4) is 0 Å². The maximum absolute atomic E-state index is 10.5. The maximum Gasteiger partial charge on any atom is 0.338 e. The molecule has 2 rings (SSSR count). The lowest BCUT2D eigenvalue weighted by molar-refractivity contribution is 0.0696. The zero-order valence-corrected chi connectivity index (χ0v) is 7.53. The van der Waals surface area contributed by atoms with E-state index in [4.69, 9.17) is 5.11 Å². The quantitative estimate of drug-likeness (QED) is 0.768. The first-order chi connectivity index (χ1) is 7.27. The molecule has 0 unspecified atom stereocenters. The number of carboxylic acid groups (broad SMARTS) is 1. The van der Waals surface area contributed by atoms with Crippen LogP contribution < -0.4 is 0 Å². The van der Waals surface area contributed by atoms with Gasteiger partial charge in [-0.15, -0.1) is 0 Å². The molecule has 74 valence electrons. The van der Waals surface area contributed by atoms with Crippen molar-refractivity contribution in [1.82, 2.24) is 19.9 Å². The Balaban J connectivity index is 2.36. The van der Waals surface area contributed by atoms with Crippen molar-refractivity contribution in [2.75, 3.05) is 0 Å². The number of hydrogen-bond acceptors (Lipinski definition) is 5. The van der Waals surface area contributed by atoms with Crippen LogP contribution in [0.2, 0.25) is 0 Å². The summed E-state index contributed by atoms with van der Waals surface area (Å²) in [7, 11) is 0. The van der Waals surface area contributed by atoms with Crippen molar-refractivity contribution >= 4 is 5.97 Å². The van der Waals surface area contributed by atoms with Crippen molar-refractivity contribution in [1.29, 1.82) is 0 Å². The van der Waals surface area contributed by atoms with Crippen molar-refractivity contribution in [3.05, 3.63) is 36.5 Å². The third-order valence-corrected chi connectivity index (χ3v) is 1.71. The molecule has 2 aromatic rings. The van der Waals surface area contributed by atoms with Crippen LogP contribution in [0.4, 0.5) is 0 Å². The number of aromatic nitrogens is 4. The van der Waals surface area contributed by atoms with Gasteiger partial charge in [-0.05, 0) is 6.07 Å². The highest BCUT2D eigenvalue weighted by Crippen LogP contribution is 2.08. The summed E-state index contributed by atoms with van der Waals surface area (Å²) < 4.78 is 0. The van der Waals surface area contributed by atoms with Crippen LogP contribution in [0.15, 0.2) is 31.0 Å². The van der Waals surface area contributed by atoms with Crippen molar-refractivity contribution in [2.24, 2.45) is 0 Å². The molecule has 0 atom stereocenters. The van der Waals surface area contributed by atoms with Crippen LogP contribution in [-0.2, 0) is 0 Å². The van der Waals surface area contributed by atoms with Gasteiger partial charge < -0.3 is 5.11 Å². The molecule has 2 aromatic heterocycles. The van der Waals surface area contributed by atoms with Crippen molar-refractivity contribution in [3.63, 3.8) is 0 Å². The predicted molar refractivity (Wildman–Crippen MR) is 50.0 cm³/mol. The third kappa shape index (κ3) is 1.93. The molecule has 1 N–H and O–H groups in total. The molecular weight excluding hydrogens is 196 g/mol. The lowest BCUT2D eigenvalue weighted by Crippen LogP contribution is -2.00. The van der Waals surface area contributed by atoms with Crippen LogP contribution in [-0.4, -0.2) is 31.0 Å². The number of nitrogens with zero attached hydrogens (tertiary/aromatic N) is 4. The van der Waals surface area contributed by atoms with Gasteiger partial charge in [-0.3, -0.25) is 0 Å². The van der Waals surface area contributed by atoms with Crippen molar-refractivity contribution < 1.29 is 9.90 Å². The molecule has 0 aliphatic heterocycles. The summed E-state index contributed by atoms with van der Waals surface area (Å²) in [5, 5.41) is 8.64. The van der Waals surface area contributed by atoms with E-state index in [1.165, 1.54) is 18.7 Å². The van der Waals surface area contributed by atoms with E-state index in [9.17, 15) is 4.79 Å². The van der Waals surface area contributed by atoms with Crippen LogP contribution in [0, 0.1) is 0 Å². The SMILES string of the molecule is O=C(O)c1cnc(-c2ccncn2)nc1. The highest BCUT2D eigenvalue weighted by molar-refractivity contribution is 5.86. The van der Waals surface area contributed by atoms with Gasteiger partial charge in [-0.2, -0.15) is 0 Å². The Morgan fingerprint density at radius 3 is 2.47 bits per heavy atom. The lowest BCUT2D eigenvalue weighted by Gasteiger charge is -1.97. The van der Waals surface area contributed by atoms with E-state index < -0.39 is 5.97 Å². The monoisotopic (exact) mass is 202 g/mol. The molecule has 0 saturated heterocycles. The van der Waals surface area contributed by atoms with Gasteiger partial charge in [0.15, 0.2) is 5.82 Å². The van der Waals surface area contributed by atoms with Crippen molar-refractivity contribution in [2.45, 2.75) is 0 Å². The Kier molecular flexibility index (Phi) is 2.32. The van der Waals surface area contributed by atoms with Gasteiger partial charge in [0.05, 0.1) is 5.56 Å². The Labute approximate surface area is 84.7 Å². The van der Waals surface area contributed by atoms with Gasteiger partial charge in [-0.1, -0.05) is 0 Å². The minimum Gasteiger partial charge on any atom is -0.478 e. The highest BCUT2D eigenvalue weighted by atomic mass is 16.4. The fourth-order valence-electron chi connectivity index (χ4n) is 0.994. The van der Waals surface area contributed by atoms with Gasteiger partial charge in [-0.25, -0.2) is 24.7 Å². The summed E-state index contributed by atoms with van der Waals surface area (Å²) in [6, 6.07) is 1.65. The number of hydrogen-bond donors (Lipinski definition) is 1. The molecule has 0 amide bonds. The first kappa shape index (κ1) is 9.20. The molecule has 6 heteroatoms. The smallest absolute Gasteiger partial charge is 0.338 e. The van der Waals surface area contributed by atoms with E-state index in [0.29, 0.717) is 11.5 Å². The van der Waals surface area contributed by atoms with E-state index in [2.05, 4.69) is 19.9 Å². The van der Waals surface area contributed by atoms with Gasteiger partial charge in [0.25, 0.3) is 0 Å². The summed E-state index contributed by atoms with van der Waals surface area (Å²) in [6.45, 7) is 0. The van der Waals surface area contributed by atoms with Gasteiger partial charge in [0.1, 0.15) is 12.0 Å². The molecule has 0 bridgehead atoms. The Morgan fingerprint density at radius 2 is 1.93 bits per heavy atom. The number of carboxylic acids is 1. The van der Waals surface area contributed by atoms with Crippen molar-refractivity contribution in [3.8, 4) is 11.5 Å². The predicted octanol–water partition coefficient (Wildman–Crippen LogP) is 0.632. The zero-order chi connectivity index (χ0) is 10.7. The number of carbonyl (C=O) groups is 1. The molecule has 0 aliphatic carbocycles. The fraction of sp³-hybridized carbons (Fsp3) is 0.